The molecular weight excluding hydrogens is 218 g/mol. The maximum Gasteiger partial charge on any atom is 0.237 e. The lowest BCUT2D eigenvalue weighted by molar-refractivity contribution is -0.116. The Morgan fingerprint density at radius 3 is 3.07 bits per heavy atom. The third-order valence-corrected chi connectivity index (χ3v) is 3.45. The van der Waals surface area contributed by atoms with E-state index in [0.717, 1.165) is 15.6 Å². The highest BCUT2D eigenvalue weighted by Gasteiger charge is 2.22. The molecule has 0 N–H and O–H groups in total. The van der Waals surface area contributed by atoms with Crippen LogP contribution in [-0.4, -0.2) is 18.2 Å². The predicted molar refractivity (Wildman–Crippen MR) is 60.2 cm³/mol. The van der Waals surface area contributed by atoms with Crippen LogP contribution >= 0.6 is 23.4 Å². The second-order valence-electron chi connectivity index (χ2n) is 3.04. The second kappa shape index (κ2) is 3.83. The molecule has 4 heteroatoms. The van der Waals surface area contributed by atoms with Crippen molar-refractivity contribution in [2.45, 2.75) is 11.8 Å². The second-order valence-corrected chi connectivity index (χ2v) is 4.49. The Morgan fingerprint density at radius 2 is 2.36 bits per heavy atom. The molecule has 1 aliphatic rings. The summed E-state index contributed by atoms with van der Waals surface area (Å²) in [4.78, 5) is 14.4. The molecule has 0 saturated heterocycles. The molecule has 0 aliphatic carbocycles. The van der Waals surface area contributed by atoms with Crippen LogP contribution in [0.3, 0.4) is 0 Å². The Bertz CT molecular complexity index is 380. The van der Waals surface area contributed by atoms with Crippen LogP contribution in [0.15, 0.2) is 23.1 Å². The summed E-state index contributed by atoms with van der Waals surface area (Å²) in [6.45, 7) is 2.69. The van der Waals surface area contributed by atoms with Crippen LogP contribution in [-0.2, 0) is 4.79 Å². The summed E-state index contributed by atoms with van der Waals surface area (Å²) in [5.74, 6) is 0.689. The minimum absolute atomic E-state index is 0.173. The number of thioether (sulfide) groups is 1. The van der Waals surface area contributed by atoms with Crippen molar-refractivity contribution in [3.63, 3.8) is 0 Å². The predicted octanol–water partition coefficient (Wildman–Crippen LogP) is 2.80. The number of nitrogens with zero attached hydrogens (tertiary/aromatic N) is 1. The van der Waals surface area contributed by atoms with E-state index in [1.165, 1.54) is 0 Å². The van der Waals surface area contributed by atoms with Gasteiger partial charge in [0.1, 0.15) is 0 Å². The zero-order valence-electron chi connectivity index (χ0n) is 7.79. The van der Waals surface area contributed by atoms with E-state index in [-0.39, 0.29) is 5.91 Å². The minimum Gasteiger partial charge on any atom is -0.311 e. The van der Waals surface area contributed by atoms with Gasteiger partial charge in [0, 0.05) is 16.5 Å². The van der Waals surface area contributed by atoms with Crippen LogP contribution in [0, 0.1) is 0 Å². The molecule has 1 aromatic rings. The maximum atomic E-state index is 11.5. The topological polar surface area (TPSA) is 20.3 Å². The molecule has 0 spiro atoms. The van der Waals surface area contributed by atoms with E-state index in [1.807, 2.05) is 25.1 Å². The number of carbonyl (C=O) groups is 1. The Morgan fingerprint density at radius 1 is 1.57 bits per heavy atom. The molecule has 74 valence electrons. The maximum absolute atomic E-state index is 11.5. The van der Waals surface area contributed by atoms with Gasteiger partial charge in [0.15, 0.2) is 0 Å². The van der Waals surface area contributed by atoms with Gasteiger partial charge >= 0.3 is 0 Å². The lowest BCUT2D eigenvalue weighted by Gasteiger charge is -2.27. The number of hydrogen-bond donors (Lipinski definition) is 0. The number of carbonyl (C=O) groups excluding carboxylic acids is 1. The minimum atomic E-state index is 0.173. The van der Waals surface area contributed by atoms with E-state index in [9.17, 15) is 4.79 Å². The van der Waals surface area contributed by atoms with E-state index >= 15 is 0 Å². The molecule has 1 amide bonds. The fourth-order valence-electron chi connectivity index (χ4n) is 1.53. The first-order valence-electron chi connectivity index (χ1n) is 4.45. The van der Waals surface area contributed by atoms with Crippen molar-refractivity contribution < 1.29 is 4.79 Å². The molecule has 0 unspecified atom stereocenters. The lowest BCUT2D eigenvalue weighted by atomic mass is 10.2. The van der Waals surface area contributed by atoms with Crippen molar-refractivity contribution in [1.29, 1.82) is 0 Å². The Balaban J connectivity index is 2.47. The van der Waals surface area contributed by atoms with E-state index in [0.29, 0.717) is 12.3 Å². The monoisotopic (exact) mass is 227 g/mol. The van der Waals surface area contributed by atoms with Crippen molar-refractivity contribution in [2.75, 3.05) is 17.2 Å². The number of fused-ring (bicyclic) bond motifs is 1. The van der Waals surface area contributed by atoms with Crippen LogP contribution in [0.1, 0.15) is 6.92 Å². The first kappa shape index (κ1) is 9.87. The fraction of sp³-hybridized carbons (Fsp3) is 0.300. The molecular formula is C10H10ClNOS. The van der Waals surface area contributed by atoms with Gasteiger partial charge in [0.2, 0.25) is 5.91 Å². The van der Waals surface area contributed by atoms with Gasteiger partial charge in [-0.25, -0.2) is 0 Å². The van der Waals surface area contributed by atoms with Gasteiger partial charge in [0.05, 0.1) is 11.4 Å². The fourth-order valence-corrected chi connectivity index (χ4v) is 2.73. The molecule has 0 radical (unpaired) electrons. The zero-order chi connectivity index (χ0) is 10.1. The molecule has 0 atom stereocenters. The van der Waals surface area contributed by atoms with Gasteiger partial charge in [-0.3, -0.25) is 4.79 Å². The molecule has 0 bridgehead atoms. The van der Waals surface area contributed by atoms with Gasteiger partial charge in [0.25, 0.3) is 0 Å². The van der Waals surface area contributed by atoms with Gasteiger partial charge < -0.3 is 4.90 Å². The molecule has 14 heavy (non-hydrogen) atoms. The number of amides is 1. The van der Waals surface area contributed by atoms with Crippen molar-refractivity contribution >= 4 is 35.0 Å². The average Bonchev–Trinajstić information content (AvgIpc) is 2.18. The lowest BCUT2D eigenvalue weighted by Crippen LogP contribution is -2.34. The molecule has 0 saturated carbocycles. The standard InChI is InChI=1S/C10H10ClNOS/c1-2-12-8-4-3-7(11)5-9(8)14-6-10(12)13/h3-5H,2,6H2,1H3. The highest BCUT2D eigenvalue weighted by atomic mass is 35.5. The Labute approximate surface area is 92.2 Å². The Kier molecular flexibility index (Phi) is 2.70. The van der Waals surface area contributed by atoms with Crippen molar-refractivity contribution in [2.24, 2.45) is 0 Å². The van der Waals surface area contributed by atoms with Crippen molar-refractivity contribution in [3.8, 4) is 0 Å². The van der Waals surface area contributed by atoms with Crippen LogP contribution in [0.5, 0.6) is 0 Å². The third-order valence-electron chi connectivity index (χ3n) is 2.18. The summed E-state index contributed by atoms with van der Waals surface area (Å²) >= 11 is 7.44. The molecule has 1 aliphatic heterocycles. The van der Waals surface area contributed by atoms with Crippen LogP contribution in [0.2, 0.25) is 5.02 Å². The normalized spacial score (nSPS) is 15.6. The molecule has 2 nitrogen and oxygen atoms in total. The van der Waals surface area contributed by atoms with E-state index in [2.05, 4.69) is 0 Å². The third kappa shape index (κ3) is 1.62. The summed E-state index contributed by atoms with van der Waals surface area (Å²) in [6.07, 6.45) is 0. The van der Waals surface area contributed by atoms with E-state index < -0.39 is 0 Å². The Hall–Kier alpha value is -0.670. The molecule has 1 aromatic carbocycles. The number of anilines is 1. The first-order chi connectivity index (χ1) is 6.72. The molecule has 2 rings (SSSR count). The van der Waals surface area contributed by atoms with Crippen LogP contribution in [0.4, 0.5) is 5.69 Å². The SMILES string of the molecule is CCN1C(=O)CSc2cc(Cl)ccc21. The van der Waals surface area contributed by atoms with E-state index in [1.54, 1.807) is 16.7 Å². The molecule has 0 fully saturated rings. The smallest absolute Gasteiger partial charge is 0.237 e. The highest BCUT2D eigenvalue weighted by molar-refractivity contribution is 8.00. The van der Waals surface area contributed by atoms with Gasteiger partial charge in [-0.2, -0.15) is 0 Å². The summed E-state index contributed by atoms with van der Waals surface area (Å²) in [5.41, 5.74) is 0.984. The van der Waals surface area contributed by atoms with Crippen molar-refractivity contribution in [1.82, 2.24) is 0 Å². The number of rotatable bonds is 1. The average molecular weight is 228 g/mol. The van der Waals surface area contributed by atoms with Crippen LogP contribution in [0.25, 0.3) is 0 Å². The molecule has 0 aromatic heterocycles. The van der Waals surface area contributed by atoms with Gasteiger partial charge in [-0.1, -0.05) is 11.6 Å². The number of halogens is 1. The van der Waals surface area contributed by atoms with Crippen LogP contribution < -0.4 is 4.90 Å². The van der Waals surface area contributed by atoms with E-state index in [4.69, 9.17) is 11.6 Å². The summed E-state index contributed by atoms with van der Waals surface area (Å²) in [6, 6.07) is 5.64. The largest absolute Gasteiger partial charge is 0.311 e. The number of benzene rings is 1. The van der Waals surface area contributed by atoms with Crippen molar-refractivity contribution in [3.05, 3.63) is 23.2 Å². The summed E-state index contributed by atoms with van der Waals surface area (Å²) < 4.78 is 0. The number of hydrogen-bond acceptors (Lipinski definition) is 2. The highest BCUT2D eigenvalue weighted by Crippen LogP contribution is 2.36. The zero-order valence-corrected chi connectivity index (χ0v) is 9.36. The summed E-state index contributed by atoms with van der Waals surface area (Å²) in [7, 11) is 0. The van der Waals surface area contributed by atoms with Gasteiger partial charge in [-0.15, -0.1) is 11.8 Å². The quantitative estimate of drug-likeness (QED) is 0.736. The summed E-state index contributed by atoms with van der Waals surface area (Å²) in [5, 5.41) is 0.724. The molecule has 1 heterocycles. The first-order valence-corrected chi connectivity index (χ1v) is 5.81. The van der Waals surface area contributed by atoms with Gasteiger partial charge in [-0.05, 0) is 25.1 Å².